The van der Waals surface area contributed by atoms with Crippen LogP contribution in [0.1, 0.15) is 51.0 Å². The number of ether oxygens (including phenoxy) is 3. The number of carbonyl (C=O) groups excluding carboxylic acids is 2. The molecule has 6 atom stereocenters. The van der Waals surface area contributed by atoms with E-state index in [0.29, 0.717) is 17.0 Å². The Kier molecular flexibility index (Phi) is 9.89. The number of esters is 2. The lowest BCUT2D eigenvalue weighted by Gasteiger charge is -2.33. The maximum absolute atomic E-state index is 13.6. The molecule has 0 aliphatic carbocycles. The fourth-order valence-electron chi connectivity index (χ4n) is 4.32. The highest BCUT2D eigenvalue weighted by Crippen LogP contribution is 2.58. The first-order chi connectivity index (χ1) is 20.0. The Labute approximate surface area is 243 Å². The molecule has 226 valence electrons. The van der Waals surface area contributed by atoms with E-state index < -0.39 is 67.9 Å². The molecule has 3 heterocycles. The second kappa shape index (κ2) is 13.2. The summed E-state index contributed by atoms with van der Waals surface area (Å²) in [4.78, 5) is 54.1. The molecule has 0 saturated carbocycles. The number of benzene rings is 1. The zero-order chi connectivity index (χ0) is 30.5. The van der Waals surface area contributed by atoms with Crippen molar-refractivity contribution in [3.8, 4) is 0 Å². The Hall–Kier alpha value is -3.49. The number of carbonyl (C=O) groups is 2. The number of phosphoric ester groups is 1. The molecule has 4 rings (SSSR count). The Bertz CT molecular complexity index is 1540. The minimum Gasteiger partial charge on any atom is -0.455 e. The highest BCUT2D eigenvalue weighted by atomic mass is 35.5. The highest BCUT2D eigenvalue weighted by molar-refractivity contribution is 7.48. The van der Waals surface area contributed by atoms with Crippen molar-refractivity contribution in [3.63, 3.8) is 0 Å². The first-order valence-corrected chi connectivity index (χ1v) is 14.6. The van der Waals surface area contributed by atoms with Gasteiger partial charge in [-0.2, -0.15) is 0 Å². The maximum Gasteiger partial charge on any atom is 0.475 e. The van der Waals surface area contributed by atoms with Crippen molar-refractivity contribution in [1.29, 1.82) is 0 Å². The van der Waals surface area contributed by atoms with Gasteiger partial charge in [0.15, 0.2) is 18.4 Å². The minimum atomic E-state index is -4.37. The fraction of sp³-hybridized carbons (Fsp3) is 0.500. The van der Waals surface area contributed by atoms with Gasteiger partial charge < -0.3 is 14.2 Å². The third kappa shape index (κ3) is 6.93. The predicted octanol–water partition coefficient (Wildman–Crippen LogP) is 3.67. The number of nitrogens with zero attached hydrogens (tertiary/aromatic N) is 4. The van der Waals surface area contributed by atoms with E-state index in [1.165, 1.54) is 13.8 Å². The van der Waals surface area contributed by atoms with Crippen LogP contribution in [0.15, 0.2) is 51.2 Å². The van der Waals surface area contributed by atoms with Crippen LogP contribution in [0.3, 0.4) is 0 Å². The number of halogens is 1. The lowest BCUT2D eigenvalue weighted by Crippen LogP contribution is -2.49. The third-order valence-corrected chi connectivity index (χ3v) is 8.02. The molecule has 1 aromatic carbocycles. The molecule has 0 radical (unpaired) electrons. The third-order valence-electron chi connectivity index (χ3n) is 6.33. The molecular formula is C24H27ClN5O11P. The molecule has 16 nitrogen and oxygen atoms in total. The number of nitrogens with one attached hydrogen (secondary N) is 1. The van der Waals surface area contributed by atoms with Crippen LogP contribution in [-0.2, 0) is 41.9 Å². The molecule has 18 heteroatoms. The van der Waals surface area contributed by atoms with Crippen LogP contribution >= 0.6 is 19.4 Å². The molecule has 2 aliphatic rings. The second-order valence-corrected chi connectivity index (χ2v) is 11.2. The molecule has 1 aromatic heterocycles. The van der Waals surface area contributed by atoms with Gasteiger partial charge in [-0.15, -0.1) is 0 Å². The molecule has 0 spiro atoms. The van der Waals surface area contributed by atoms with Crippen LogP contribution in [-0.4, -0.2) is 52.6 Å². The molecule has 1 N–H and O–H groups in total. The molecule has 0 amide bonds. The van der Waals surface area contributed by atoms with Crippen molar-refractivity contribution in [3.05, 3.63) is 78.4 Å². The standard InChI is InChI=1S/C24H27ClN5O11P/c1-3-18(32)38-20-21(39-19(33)4-2)24(28-29-26,40-22(20)30-10-8-17(31)27-23(30)34)13-37-42(35)36-11-9-16(41-42)14-6-5-7-15(25)12-14/h5-8,10,12,16,20-22H,3-4,9,11,13H2,1-2H3,(H,27,31,34)/t16?,20-,21+,22-,24-,42?/m1/s1. The van der Waals surface area contributed by atoms with Gasteiger partial charge >= 0.3 is 25.5 Å². The monoisotopic (exact) mass is 627 g/mol. The SMILES string of the molecule is CCC(=O)O[C@H]1[C@H](n2ccc(=O)[nH]c2=O)O[C@@](COP2(=O)OCCC(c3cccc(Cl)c3)O2)(N=[N+]=[N-])[C@H]1OC(=O)CC. The number of hydrogen-bond acceptors (Lipinski definition) is 12. The maximum atomic E-state index is 13.6. The summed E-state index contributed by atoms with van der Waals surface area (Å²) in [6, 6.07) is 7.69. The first kappa shape index (κ1) is 31.4. The topological polar surface area (TPSA) is 210 Å². The summed E-state index contributed by atoms with van der Waals surface area (Å²) >= 11 is 6.08. The van der Waals surface area contributed by atoms with Crippen molar-refractivity contribution < 1.29 is 41.9 Å². The summed E-state index contributed by atoms with van der Waals surface area (Å²) in [5.41, 5.74) is 6.05. The Morgan fingerprint density at radius 1 is 1.24 bits per heavy atom. The molecule has 2 aromatic rings. The average molecular weight is 628 g/mol. The molecular weight excluding hydrogens is 601 g/mol. The number of H-pyrrole nitrogens is 1. The van der Waals surface area contributed by atoms with Gasteiger partial charge in [-0.3, -0.25) is 37.5 Å². The van der Waals surface area contributed by atoms with E-state index in [0.717, 1.165) is 16.8 Å². The summed E-state index contributed by atoms with van der Waals surface area (Å²) in [5.74, 6) is -1.59. The van der Waals surface area contributed by atoms with Crippen molar-refractivity contribution in [2.45, 2.75) is 63.4 Å². The quantitative estimate of drug-likeness (QED) is 0.132. The van der Waals surface area contributed by atoms with Crippen molar-refractivity contribution in [1.82, 2.24) is 9.55 Å². The number of hydrogen-bond donors (Lipinski definition) is 1. The van der Waals surface area contributed by atoms with Gasteiger partial charge in [-0.05, 0) is 23.2 Å². The fourth-order valence-corrected chi connectivity index (χ4v) is 5.92. The van der Waals surface area contributed by atoms with E-state index in [9.17, 15) is 29.3 Å². The van der Waals surface area contributed by atoms with Crippen molar-refractivity contribution in [2.75, 3.05) is 13.2 Å². The van der Waals surface area contributed by atoms with Gasteiger partial charge in [0.2, 0.25) is 5.72 Å². The second-order valence-electron chi connectivity index (χ2n) is 9.12. The van der Waals surface area contributed by atoms with Gasteiger partial charge in [0.05, 0.1) is 19.3 Å². The van der Waals surface area contributed by atoms with E-state index in [1.54, 1.807) is 24.3 Å². The summed E-state index contributed by atoms with van der Waals surface area (Å²) in [6.07, 6.45) is -4.52. The van der Waals surface area contributed by atoms with Gasteiger partial charge in [0.1, 0.15) is 0 Å². The van der Waals surface area contributed by atoms with E-state index in [-0.39, 0.29) is 19.4 Å². The number of azide groups is 1. The van der Waals surface area contributed by atoms with Gasteiger partial charge in [0, 0.05) is 41.5 Å². The van der Waals surface area contributed by atoms with E-state index >= 15 is 0 Å². The van der Waals surface area contributed by atoms with Crippen LogP contribution < -0.4 is 11.2 Å². The van der Waals surface area contributed by atoms with Gasteiger partial charge in [-0.1, -0.05) is 42.7 Å². The highest BCUT2D eigenvalue weighted by Gasteiger charge is 2.61. The van der Waals surface area contributed by atoms with Gasteiger partial charge in [0.25, 0.3) is 5.56 Å². The van der Waals surface area contributed by atoms with Crippen LogP contribution in [0.4, 0.5) is 0 Å². The van der Waals surface area contributed by atoms with Crippen molar-refractivity contribution >= 4 is 31.4 Å². The lowest BCUT2D eigenvalue weighted by molar-refractivity contribution is -0.173. The molecule has 2 aliphatic heterocycles. The largest absolute Gasteiger partial charge is 0.475 e. The molecule has 2 saturated heterocycles. The number of phosphoric acid groups is 1. The zero-order valence-corrected chi connectivity index (χ0v) is 24.1. The smallest absolute Gasteiger partial charge is 0.455 e. The van der Waals surface area contributed by atoms with Gasteiger partial charge in [-0.25, -0.2) is 9.36 Å². The summed E-state index contributed by atoms with van der Waals surface area (Å²) in [5, 5.41) is 4.09. The minimum absolute atomic E-state index is 0.0375. The molecule has 42 heavy (non-hydrogen) atoms. The zero-order valence-electron chi connectivity index (χ0n) is 22.4. The Balaban J connectivity index is 1.72. The summed E-state index contributed by atoms with van der Waals surface area (Å²) < 4.78 is 47.9. The normalized spacial score (nSPS) is 28.9. The van der Waals surface area contributed by atoms with Crippen LogP contribution in [0.5, 0.6) is 0 Å². The average Bonchev–Trinajstić information content (AvgIpc) is 3.24. The molecule has 0 bridgehead atoms. The molecule has 2 fully saturated rings. The Morgan fingerprint density at radius 2 is 1.98 bits per heavy atom. The summed E-state index contributed by atoms with van der Waals surface area (Å²) in [7, 11) is -4.37. The van der Waals surface area contributed by atoms with E-state index in [2.05, 4.69) is 10.0 Å². The van der Waals surface area contributed by atoms with Crippen LogP contribution in [0.25, 0.3) is 10.4 Å². The lowest BCUT2D eigenvalue weighted by atomic mass is 10.0. The van der Waals surface area contributed by atoms with Crippen LogP contribution in [0, 0.1) is 0 Å². The first-order valence-electron chi connectivity index (χ1n) is 12.8. The Morgan fingerprint density at radius 3 is 2.64 bits per heavy atom. The predicted molar refractivity (Wildman–Crippen MR) is 143 cm³/mol. The number of aromatic amines is 1. The molecule has 2 unspecified atom stereocenters. The van der Waals surface area contributed by atoms with Crippen LogP contribution in [0.2, 0.25) is 5.02 Å². The summed E-state index contributed by atoms with van der Waals surface area (Å²) in [6.45, 7) is 2.05. The van der Waals surface area contributed by atoms with E-state index in [4.69, 9.17) is 39.4 Å². The van der Waals surface area contributed by atoms with Crippen molar-refractivity contribution in [2.24, 2.45) is 5.11 Å². The van der Waals surface area contributed by atoms with E-state index in [1.807, 2.05) is 4.98 Å². The number of aromatic nitrogens is 2. The number of rotatable bonds is 10.